The zero-order valence-electron chi connectivity index (χ0n) is 10.5. The molecule has 1 aromatic rings. The van der Waals surface area contributed by atoms with Gasteiger partial charge in [0, 0.05) is 6.54 Å². The first-order chi connectivity index (χ1) is 7.79. The average Bonchev–Trinajstić information content (AvgIpc) is 2.25. The summed E-state index contributed by atoms with van der Waals surface area (Å²) in [7, 11) is 0. The Bertz CT molecular complexity index is 379. The van der Waals surface area contributed by atoms with Crippen molar-refractivity contribution in [3.05, 3.63) is 35.4 Å². The third-order valence-corrected chi connectivity index (χ3v) is 2.41. The number of aryl methyl sites for hydroxylation is 1. The van der Waals surface area contributed by atoms with Crippen molar-refractivity contribution in [1.29, 1.82) is 0 Å². The predicted molar refractivity (Wildman–Crippen MR) is 67.4 cm³/mol. The number of hydrogen-bond acceptors (Lipinski definition) is 3. The van der Waals surface area contributed by atoms with Crippen molar-refractivity contribution < 1.29 is 9.90 Å². The Morgan fingerprint density at radius 3 is 2.41 bits per heavy atom. The Hall–Kier alpha value is -1.39. The number of carbonyl (C=O) groups excluding carboxylic acids is 1. The summed E-state index contributed by atoms with van der Waals surface area (Å²) < 4.78 is 0. The van der Waals surface area contributed by atoms with E-state index in [2.05, 4.69) is 5.32 Å². The van der Waals surface area contributed by atoms with Crippen LogP contribution in [0.5, 0.6) is 0 Å². The van der Waals surface area contributed by atoms with Gasteiger partial charge in [-0.25, -0.2) is 0 Å². The van der Waals surface area contributed by atoms with Crippen molar-refractivity contribution in [3.63, 3.8) is 0 Å². The molecule has 0 bridgehead atoms. The fraction of sp³-hybridized carbons (Fsp3) is 0.462. The summed E-state index contributed by atoms with van der Waals surface area (Å²) in [6.07, 6.45) is 0. The minimum atomic E-state index is -0.928. The van der Waals surface area contributed by atoms with Crippen LogP contribution in [0.3, 0.4) is 0 Å². The summed E-state index contributed by atoms with van der Waals surface area (Å²) in [5.74, 6) is -0.282. The predicted octanol–water partition coefficient (Wildman–Crippen LogP) is 0.882. The third-order valence-electron chi connectivity index (χ3n) is 2.41. The van der Waals surface area contributed by atoms with Gasteiger partial charge in [0.25, 0.3) is 0 Å². The molecule has 0 fully saturated rings. The number of nitrogens with one attached hydrogen (secondary N) is 1. The van der Waals surface area contributed by atoms with Gasteiger partial charge in [-0.2, -0.15) is 0 Å². The van der Waals surface area contributed by atoms with Crippen LogP contribution in [0.1, 0.15) is 31.0 Å². The van der Waals surface area contributed by atoms with Crippen LogP contribution >= 0.6 is 0 Å². The molecule has 0 aliphatic heterocycles. The standard InChI is InChI=1S/C13H20N2O2/c1-9-4-6-10(7-5-9)11(14)12(16)15-8-13(2,3)17/h4-7,11,17H,8,14H2,1-3H3,(H,15,16). The van der Waals surface area contributed by atoms with Gasteiger partial charge in [-0.05, 0) is 26.3 Å². The van der Waals surface area contributed by atoms with Gasteiger partial charge in [-0.3, -0.25) is 4.79 Å². The minimum absolute atomic E-state index is 0.186. The van der Waals surface area contributed by atoms with E-state index >= 15 is 0 Å². The van der Waals surface area contributed by atoms with Gasteiger partial charge < -0.3 is 16.2 Å². The van der Waals surface area contributed by atoms with Gasteiger partial charge in [0.15, 0.2) is 0 Å². The molecule has 0 radical (unpaired) electrons. The number of nitrogens with two attached hydrogens (primary N) is 1. The van der Waals surface area contributed by atoms with Gasteiger partial charge in [-0.1, -0.05) is 29.8 Å². The number of aliphatic hydroxyl groups is 1. The van der Waals surface area contributed by atoms with Crippen LogP contribution < -0.4 is 11.1 Å². The molecule has 1 aromatic carbocycles. The summed E-state index contributed by atoms with van der Waals surface area (Å²) in [6.45, 7) is 5.42. The second kappa shape index (κ2) is 5.29. The molecule has 1 atom stereocenters. The first-order valence-corrected chi connectivity index (χ1v) is 5.62. The molecule has 0 aliphatic carbocycles. The fourth-order valence-corrected chi connectivity index (χ4v) is 1.34. The lowest BCUT2D eigenvalue weighted by Crippen LogP contribution is -2.42. The quantitative estimate of drug-likeness (QED) is 0.726. The largest absolute Gasteiger partial charge is 0.389 e. The molecule has 1 rings (SSSR count). The van der Waals surface area contributed by atoms with Gasteiger partial charge >= 0.3 is 0 Å². The molecule has 0 saturated carbocycles. The van der Waals surface area contributed by atoms with E-state index in [0.717, 1.165) is 11.1 Å². The first-order valence-electron chi connectivity index (χ1n) is 5.62. The lowest BCUT2D eigenvalue weighted by molar-refractivity contribution is -0.123. The SMILES string of the molecule is Cc1ccc(C(N)C(=O)NCC(C)(C)O)cc1. The number of carbonyl (C=O) groups is 1. The van der Waals surface area contributed by atoms with E-state index in [-0.39, 0.29) is 12.5 Å². The number of rotatable bonds is 4. The maximum atomic E-state index is 11.7. The van der Waals surface area contributed by atoms with Crippen LogP contribution in [0.15, 0.2) is 24.3 Å². The Balaban J connectivity index is 2.61. The second-order valence-corrected chi connectivity index (χ2v) is 4.92. The molecular weight excluding hydrogens is 216 g/mol. The van der Waals surface area contributed by atoms with Gasteiger partial charge in [0.1, 0.15) is 6.04 Å². The molecule has 17 heavy (non-hydrogen) atoms. The second-order valence-electron chi connectivity index (χ2n) is 4.92. The zero-order valence-corrected chi connectivity index (χ0v) is 10.5. The van der Waals surface area contributed by atoms with Crippen molar-refractivity contribution in [3.8, 4) is 0 Å². The van der Waals surface area contributed by atoms with Crippen molar-refractivity contribution in [2.24, 2.45) is 5.73 Å². The Morgan fingerprint density at radius 1 is 1.41 bits per heavy atom. The molecule has 0 aromatic heterocycles. The summed E-state index contributed by atoms with van der Waals surface area (Å²) in [5.41, 5.74) is 6.79. The number of hydrogen-bond donors (Lipinski definition) is 3. The van der Waals surface area contributed by atoms with E-state index in [9.17, 15) is 9.90 Å². The molecule has 94 valence electrons. The molecule has 0 saturated heterocycles. The monoisotopic (exact) mass is 236 g/mol. The normalized spacial score (nSPS) is 13.2. The molecule has 1 amide bonds. The fourth-order valence-electron chi connectivity index (χ4n) is 1.34. The molecule has 4 N–H and O–H groups in total. The van der Waals surface area contributed by atoms with Crippen LogP contribution in [-0.4, -0.2) is 23.2 Å². The van der Waals surface area contributed by atoms with Crippen LogP contribution in [0.4, 0.5) is 0 Å². The van der Waals surface area contributed by atoms with E-state index in [4.69, 9.17) is 5.73 Å². The summed E-state index contributed by atoms with van der Waals surface area (Å²) in [4.78, 5) is 11.7. The summed E-state index contributed by atoms with van der Waals surface area (Å²) in [5, 5.41) is 12.1. The van der Waals surface area contributed by atoms with Crippen LogP contribution in [0.25, 0.3) is 0 Å². The van der Waals surface area contributed by atoms with E-state index in [1.165, 1.54) is 0 Å². The van der Waals surface area contributed by atoms with E-state index in [1.807, 2.05) is 31.2 Å². The molecule has 0 heterocycles. The van der Waals surface area contributed by atoms with Gasteiger partial charge in [-0.15, -0.1) is 0 Å². The smallest absolute Gasteiger partial charge is 0.241 e. The highest BCUT2D eigenvalue weighted by Crippen LogP contribution is 2.11. The molecule has 4 heteroatoms. The lowest BCUT2D eigenvalue weighted by Gasteiger charge is -2.19. The van der Waals surface area contributed by atoms with Crippen LogP contribution in [0, 0.1) is 6.92 Å². The zero-order chi connectivity index (χ0) is 13.1. The molecule has 0 spiro atoms. The average molecular weight is 236 g/mol. The van der Waals surface area contributed by atoms with E-state index in [1.54, 1.807) is 13.8 Å². The Kier molecular flexibility index (Phi) is 4.26. The van der Waals surface area contributed by atoms with Crippen LogP contribution in [-0.2, 0) is 4.79 Å². The third kappa shape index (κ3) is 4.54. The molecule has 1 unspecified atom stereocenters. The molecule has 0 aliphatic rings. The van der Waals surface area contributed by atoms with E-state index < -0.39 is 11.6 Å². The topological polar surface area (TPSA) is 75.4 Å². The number of amides is 1. The van der Waals surface area contributed by atoms with Crippen molar-refractivity contribution in [1.82, 2.24) is 5.32 Å². The highest BCUT2D eigenvalue weighted by Gasteiger charge is 2.19. The first kappa shape index (κ1) is 13.7. The number of benzene rings is 1. The highest BCUT2D eigenvalue weighted by molar-refractivity contribution is 5.82. The highest BCUT2D eigenvalue weighted by atomic mass is 16.3. The Labute approximate surface area is 102 Å². The van der Waals surface area contributed by atoms with Crippen molar-refractivity contribution >= 4 is 5.91 Å². The summed E-state index contributed by atoms with van der Waals surface area (Å²) >= 11 is 0. The van der Waals surface area contributed by atoms with Crippen molar-refractivity contribution in [2.75, 3.05) is 6.54 Å². The van der Waals surface area contributed by atoms with Crippen LogP contribution in [0.2, 0.25) is 0 Å². The lowest BCUT2D eigenvalue weighted by atomic mass is 10.0. The molecule has 4 nitrogen and oxygen atoms in total. The minimum Gasteiger partial charge on any atom is -0.389 e. The van der Waals surface area contributed by atoms with Crippen molar-refractivity contribution in [2.45, 2.75) is 32.4 Å². The van der Waals surface area contributed by atoms with Gasteiger partial charge in [0.2, 0.25) is 5.91 Å². The van der Waals surface area contributed by atoms with Gasteiger partial charge in [0.05, 0.1) is 5.60 Å². The maximum Gasteiger partial charge on any atom is 0.241 e. The van der Waals surface area contributed by atoms with E-state index in [0.29, 0.717) is 0 Å². The molecular formula is C13H20N2O2. The summed E-state index contributed by atoms with van der Waals surface area (Å²) in [6, 6.07) is 6.81. The Morgan fingerprint density at radius 2 is 1.94 bits per heavy atom. The maximum absolute atomic E-state index is 11.7.